The number of nitrogens with one attached hydrogen (secondary N) is 1. The molecule has 0 bridgehead atoms. The number of amides is 2. The third kappa shape index (κ3) is 6.13. The SMILES string of the molecule is C[C@@H](NC(=O)N1CCN2[C@H](Cc3ccccc3)COP2OC[C@H]1Cc1ccccc1)c1ccccc1. The van der Waals surface area contributed by atoms with E-state index in [0.717, 1.165) is 24.9 Å². The summed E-state index contributed by atoms with van der Waals surface area (Å²) in [7, 11) is -1.12. The van der Waals surface area contributed by atoms with Crippen molar-refractivity contribution in [2.24, 2.45) is 0 Å². The Morgan fingerprint density at radius 3 is 1.97 bits per heavy atom. The van der Waals surface area contributed by atoms with Gasteiger partial charge in [-0.1, -0.05) is 91.0 Å². The fraction of sp³-hybridized carbons (Fsp3) is 0.345. The van der Waals surface area contributed by atoms with Gasteiger partial charge in [0.2, 0.25) is 0 Å². The van der Waals surface area contributed by atoms with E-state index in [2.05, 4.69) is 46.4 Å². The van der Waals surface area contributed by atoms with Crippen LogP contribution in [-0.2, 0) is 21.9 Å². The highest BCUT2D eigenvalue weighted by Crippen LogP contribution is 2.50. The van der Waals surface area contributed by atoms with Gasteiger partial charge < -0.3 is 19.3 Å². The van der Waals surface area contributed by atoms with E-state index in [-0.39, 0.29) is 24.2 Å². The van der Waals surface area contributed by atoms with Crippen LogP contribution in [0.2, 0.25) is 0 Å². The molecule has 3 aromatic carbocycles. The van der Waals surface area contributed by atoms with Crippen molar-refractivity contribution in [3.05, 3.63) is 108 Å². The van der Waals surface area contributed by atoms with E-state index >= 15 is 0 Å². The zero-order chi connectivity index (χ0) is 24.7. The van der Waals surface area contributed by atoms with Crippen molar-refractivity contribution < 1.29 is 13.8 Å². The molecule has 1 N–H and O–H groups in total. The molecule has 0 radical (unpaired) electrons. The summed E-state index contributed by atoms with van der Waals surface area (Å²) in [5.74, 6) is 0. The van der Waals surface area contributed by atoms with E-state index in [1.807, 2.05) is 66.4 Å². The minimum Gasteiger partial charge on any atom is -0.331 e. The summed E-state index contributed by atoms with van der Waals surface area (Å²) in [6, 6.07) is 31.0. The van der Waals surface area contributed by atoms with Gasteiger partial charge in [0.05, 0.1) is 25.3 Å². The molecule has 1 unspecified atom stereocenters. The van der Waals surface area contributed by atoms with Crippen LogP contribution in [0, 0.1) is 0 Å². The van der Waals surface area contributed by atoms with E-state index in [1.54, 1.807) is 0 Å². The van der Waals surface area contributed by atoms with E-state index in [9.17, 15) is 4.79 Å². The molecule has 6 nitrogen and oxygen atoms in total. The highest BCUT2D eigenvalue weighted by molar-refractivity contribution is 7.44. The van der Waals surface area contributed by atoms with Gasteiger partial charge in [-0.3, -0.25) is 0 Å². The molecule has 2 aliphatic rings. The number of hydrogen-bond donors (Lipinski definition) is 1. The highest BCUT2D eigenvalue weighted by atomic mass is 31.2. The van der Waals surface area contributed by atoms with Gasteiger partial charge in [-0.15, -0.1) is 0 Å². The lowest BCUT2D eigenvalue weighted by Gasteiger charge is -2.38. The molecule has 188 valence electrons. The molecule has 0 aliphatic carbocycles. The molecule has 7 heteroatoms. The summed E-state index contributed by atoms with van der Waals surface area (Å²) in [5, 5.41) is 3.23. The van der Waals surface area contributed by atoms with Gasteiger partial charge in [0, 0.05) is 19.1 Å². The fourth-order valence-electron chi connectivity index (χ4n) is 4.92. The van der Waals surface area contributed by atoms with Crippen molar-refractivity contribution in [1.82, 2.24) is 14.9 Å². The molecule has 2 aliphatic heterocycles. The lowest BCUT2D eigenvalue weighted by molar-refractivity contribution is 0.117. The lowest BCUT2D eigenvalue weighted by atomic mass is 10.0. The predicted molar refractivity (Wildman–Crippen MR) is 143 cm³/mol. The van der Waals surface area contributed by atoms with Crippen molar-refractivity contribution >= 4 is 14.6 Å². The summed E-state index contributed by atoms with van der Waals surface area (Å²) >= 11 is 0. The van der Waals surface area contributed by atoms with E-state index in [1.165, 1.54) is 11.1 Å². The quantitative estimate of drug-likeness (QED) is 0.447. The largest absolute Gasteiger partial charge is 0.331 e. The van der Waals surface area contributed by atoms with Gasteiger partial charge in [-0.2, -0.15) is 0 Å². The van der Waals surface area contributed by atoms with Gasteiger partial charge in [0.25, 0.3) is 8.53 Å². The number of hydrogen-bond acceptors (Lipinski definition) is 4. The molecule has 2 fully saturated rings. The van der Waals surface area contributed by atoms with Crippen LogP contribution in [-0.4, -0.2) is 54.0 Å². The predicted octanol–water partition coefficient (Wildman–Crippen LogP) is 5.57. The third-order valence-corrected chi connectivity index (χ3v) is 8.61. The fourth-order valence-corrected chi connectivity index (χ4v) is 6.56. The second-order valence-electron chi connectivity index (χ2n) is 9.45. The van der Waals surface area contributed by atoms with E-state index in [4.69, 9.17) is 9.05 Å². The Hall–Kier alpha value is -2.76. The Morgan fingerprint density at radius 2 is 1.36 bits per heavy atom. The van der Waals surface area contributed by atoms with Crippen molar-refractivity contribution in [1.29, 1.82) is 0 Å². The number of carbonyl (C=O) groups excluding carboxylic acids is 1. The molecule has 4 atom stereocenters. The van der Waals surface area contributed by atoms with Gasteiger partial charge in [0.1, 0.15) is 0 Å². The van der Waals surface area contributed by atoms with Crippen molar-refractivity contribution in [2.75, 3.05) is 26.3 Å². The minimum atomic E-state index is -1.12. The summed E-state index contributed by atoms with van der Waals surface area (Å²) in [6.45, 7) is 4.48. The second-order valence-corrected chi connectivity index (χ2v) is 11.0. The Kier molecular flexibility index (Phi) is 8.29. The maximum Gasteiger partial charge on any atom is 0.318 e. The van der Waals surface area contributed by atoms with Gasteiger partial charge in [0.15, 0.2) is 0 Å². The molecule has 0 aromatic heterocycles. The summed E-state index contributed by atoms with van der Waals surface area (Å²) in [6.07, 6.45) is 1.65. The van der Waals surface area contributed by atoms with Crippen molar-refractivity contribution in [3.63, 3.8) is 0 Å². The Morgan fingerprint density at radius 1 is 0.833 bits per heavy atom. The average molecular weight is 504 g/mol. The van der Waals surface area contributed by atoms with Crippen molar-refractivity contribution in [2.45, 2.75) is 37.9 Å². The van der Waals surface area contributed by atoms with Crippen LogP contribution in [0.5, 0.6) is 0 Å². The average Bonchev–Trinajstić information content (AvgIpc) is 3.27. The zero-order valence-electron chi connectivity index (χ0n) is 20.7. The van der Waals surface area contributed by atoms with Gasteiger partial charge >= 0.3 is 6.03 Å². The number of urea groups is 1. The smallest absolute Gasteiger partial charge is 0.318 e. The van der Waals surface area contributed by atoms with Crippen molar-refractivity contribution in [3.8, 4) is 0 Å². The number of carbonyl (C=O) groups is 1. The van der Waals surface area contributed by atoms with Crippen LogP contribution in [0.25, 0.3) is 0 Å². The molecule has 36 heavy (non-hydrogen) atoms. The molecule has 2 heterocycles. The second kappa shape index (κ2) is 12.0. The Labute approximate surface area is 215 Å². The van der Waals surface area contributed by atoms with Crippen LogP contribution in [0.15, 0.2) is 91.0 Å². The van der Waals surface area contributed by atoms with Gasteiger partial charge in [-0.25, -0.2) is 9.46 Å². The standard InChI is InChI=1S/C29H34N3O3P/c1-23(26-15-9-4-10-16-26)30-29(33)31-17-18-32-28(20-25-13-7-3-8-14-25)22-35-36(32)34-21-27(31)19-24-11-5-2-6-12-24/h2-16,23,27-28H,17-22H2,1H3,(H,30,33)/t23-,27-,28-,36?/m1/s1. The molecule has 0 spiro atoms. The molecule has 0 saturated carbocycles. The molecule has 2 amide bonds. The first kappa shape index (κ1) is 24.9. The summed E-state index contributed by atoms with van der Waals surface area (Å²) in [5.41, 5.74) is 3.57. The normalized spacial score (nSPS) is 23.4. The lowest BCUT2D eigenvalue weighted by Crippen LogP contribution is -2.53. The summed E-state index contributed by atoms with van der Waals surface area (Å²) in [4.78, 5) is 15.6. The number of fused-ring (bicyclic) bond motifs is 1. The Balaban J connectivity index is 1.32. The zero-order valence-corrected chi connectivity index (χ0v) is 21.6. The number of nitrogens with zero attached hydrogens (tertiary/aromatic N) is 2. The maximum atomic E-state index is 13.6. The van der Waals surface area contributed by atoms with Crippen LogP contribution in [0.1, 0.15) is 29.7 Å². The first-order valence-corrected chi connectivity index (χ1v) is 13.8. The van der Waals surface area contributed by atoms with Crippen LogP contribution in [0.3, 0.4) is 0 Å². The van der Waals surface area contributed by atoms with Crippen LogP contribution < -0.4 is 5.32 Å². The number of benzene rings is 3. The first-order valence-electron chi connectivity index (χ1n) is 12.7. The molecular formula is C29H34N3O3P. The number of rotatable bonds is 6. The Bertz CT molecular complexity index is 1100. The topological polar surface area (TPSA) is 54.0 Å². The van der Waals surface area contributed by atoms with E-state index < -0.39 is 8.53 Å². The summed E-state index contributed by atoms with van der Waals surface area (Å²) < 4.78 is 14.9. The van der Waals surface area contributed by atoms with E-state index in [0.29, 0.717) is 19.8 Å². The van der Waals surface area contributed by atoms with Gasteiger partial charge in [-0.05, 0) is 36.5 Å². The molecule has 5 rings (SSSR count). The van der Waals surface area contributed by atoms with Crippen LogP contribution in [0.4, 0.5) is 4.79 Å². The molecular weight excluding hydrogens is 469 g/mol. The monoisotopic (exact) mass is 503 g/mol. The highest BCUT2D eigenvalue weighted by Gasteiger charge is 2.40. The maximum absolute atomic E-state index is 13.6. The van der Waals surface area contributed by atoms with Crippen LogP contribution >= 0.6 is 8.53 Å². The molecule has 2 saturated heterocycles. The minimum absolute atomic E-state index is 0.0539. The third-order valence-electron chi connectivity index (χ3n) is 6.93. The molecule has 3 aromatic rings. The first-order chi connectivity index (χ1) is 17.7.